The average molecular weight is 334 g/mol. The minimum Gasteiger partial charge on any atom is -0.497 e. The second-order valence-electron chi connectivity index (χ2n) is 7.16. The van der Waals surface area contributed by atoms with Crippen LogP contribution in [0, 0.1) is 5.41 Å². The lowest BCUT2D eigenvalue weighted by Gasteiger charge is -2.53. The van der Waals surface area contributed by atoms with Gasteiger partial charge in [-0.3, -0.25) is 0 Å². The molecule has 0 bridgehead atoms. The van der Waals surface area contributed by atoms with Crippen LogP contribution in [-0.2, 0) is 15.9 Å². The van der Waals surface area contributed by atoms with Gasteiger partial charge in [-0.2, -0.15) is 0 Å². The van der Waals surface area contributed by atoms with Gasteiger partial charge in [-0.25, -0.2) is 4.79 Å². The lowest BCUT2D eigenvalue weighted by atomic mass is 9.81. The summed E-state index contributed by atoms with van der Waals surface area (Å²) in [6.45, 7) is 7.14. The van der Waals surface area contributed by atoms with Gasteiger partial charge in [-0.05, 0) is 38.0 Å². The molecule has 2 aliphatic rings. The highest BCUT2D eigenvalue weighted by molar-refractivity contribution is 5.75. The number of urea groups is 1. The standard InChI is InChI=1S/C18H26N2O4/c1-17(2)23-12-18(13-24-17)10-20(11-18)16(21)19-9-8-14-4-6-15(22-3)7-5-14/h4-7H,8-13H2,1-3H3,(H,19,21). The molecule has 0 atom stereocenters. The Morgan fingerprint density at radius 2 is 1.83 bits per heavy atom. The molecule has 0 aromatic heterocycles. The third-order valence-corrected chi connectivity index (χ3v) is 4.64. The number of carbonyl (C=O) groups excluding carboxylic acids is 1. The summed E-state index contributed by atoms with van der Waals surface area (Å²) in [6.07, 6.45) is 0.801. The summed E-state index contributed by atoms with van der Waals surface area (Å²) in [5, 5.41) is 2.97. The molecule has 132 valence electrons. The number of nitrogens with zero attached hydrogens (tertiary/aromatic N) is 1. The number of likely N-dealkylation sites (tertiary alicyclic amines) is 1. The van der Waals surface area contributed by atoms with E-state index in [4.69, 9.17) is 14.2 Å². The number of hydrogen-bond acceptors (Lipinski definition) is 4. The van der Waals surface area contributed by atoms with E-state index in [2.05, 4.69) is 5.32 Å². The first-order valence-corrected chi connectivity index (χ1v) is 8.35. The Balaban J connectivity index is 1.38. The number of amides is 2. The molecular formula is C18H26N2O4. The van der Waals surface area contributed by atoms with Crippen molar-refractivity contribution in [3.8, 4) is 5.75 Å². The zero-order chi connectivity index (χ0) is 17.2. The van der Waals surface area contributed by atoms with Gasteiger partial charge in [0.05, 0.1) is 25.7 Å². The van der Waals surface area contributed by atoms with Crippen molar-refractivity contribution in [1.29, 1.82) is 0 Å². The van der Waals surface area contributed by atoms with Gasteiger partial charge in [-0.15, -0.1) is 0 Å². The topological polar surface area (TPSA) is 60.0 Å². The van der Waals surface area contributed by atoms with Crippen LogP contribution in [0.3, 0.4) is 0 Å². The lowest BCUT2D eigenvalue weighted by Crippen LogP contribution is -2.67. The van der Waals surface area contributed by atoms with Gasteiger partial charge in [0.1, 0.15) is 5.75 Å². The summed E-state index contributed by atoms with van der Waals surface area (Å²) in [5.41, 5.74) is 1.15. The minimum atomic E-state index is -0.508. The van der Waals surface area contributed by atoms with E-state index in [1.807, 2.05) is 43.0 Å². The van der Waals surface area contributed by atoms with Crippen molar-refractivity contribution in [3.63, 3.8) is 0 Å². The van der Waals surface area contributed by atoms with Crippen LogP contribution in [0.15, 0.2) is 24.3 Å². The fourth-order valence-corrected chi connectivity index (χ4v) is 3.04. The van der Waals surface area contributed by atoms with Crippen molar-refractivity contribution >= 4 is 6.03 Å². The summed E-state index contributed by atoms with van der Waals surface area (Å²) in [4.78, 5) is 14.0. The third kappa shape index (κ3) is 3.82. The largest absolute Gasteiger partial charge is 0.497 e. The molecule has 0 saturated carbocycles. The normalized spacial score (nSPS) is 21.2. The van der Waals surface area contributed by atoms with Gasteiger partial charge in [0.25, 0.3) is 0 Å². The quantitative estimate of drug-likeness (QED) is 0.915. The monoisotopic (exact) mass is 334 g/mol. The van der Waals surface area contributed by atoms with E-state index in [9.17, 15) is 4.79 Å². The Hall–Kier alpha value is -1.79. The molecule has 24 heavy (non-hydrogen) atoms. The van der Waals surface area contributed by atoms with Gasteiger partial charge in [0, 0.05) is 19.6 Å². The molecule has 2 fully saturated rings. The highest BCUT2D eigenvalue weighted by Crippen LogP contribution is 2.37. The summed E-state index contributed by atoms with van der Waals surface area (Å²) >= 11 is 0. The van der Waals surface area contributed by atoms with E-state index in [0.717, 1.165) is 12.2 Å². The molecule has 0 aliphatic carbocycles. The molecule has 6 nitrogen and oxygen atoms in total. The van der Waals surface area contributed by atoms with Crippen LogP contribution in [0.1, 0.15) is 19.4 Å². The predicted octanol–water partition coefficient (Wildman–Crippen LogP) is 2.03. The number of nitrogens with one attached hydrogen (secondary N) is 1. The van der Waals surface area contributed by atoms with Crippen LogP contribution in [0.25, 0.3) is 0 Å². The summed E-state index contributed by atoms with van der Waals surface area (Å²) in [5.74, 6) is 0.334. The van der Waals surface area contributed by atoms with E-state index in [1.165, 1.54) is 5.56 Å². The maximum atomic E-state index is 12.2. The predicted molar refractivity (Wildman–Crippen MR) is 90.1 cm³/mol. The van der Waals surface area contributed by atoms with E-state index >= 15 is 0 Å². The van der Waals surface area contributed by atoms with Crippen LogP contribution in [-0.4, -0.2) is 56.7 Å². The molecule has 0 unspecified atom stereocenters. The van der Waals surface area contributed by atoms with Crippen molar-refractivity contribution in [2.24, 2.45) is 5.41 Å². The maximum Gasteiger partial charge on any atom is 0.317 e. The average Bonchev–Trinajstić information content (AvgIpc) is 2.54. The van der Waals surface area contributed by atoms with Crippen molar-refractivity contribution < 1.29 is 19.0 Å². The van der Waals surface area contributed by atoms with Crippen LogP contribution in [0.4, 0.5) is 4.79 Å². The van der Waals surface area contributed by atoms with Gasteiger partial charge >= 0.3 is 6.03 Å². The Kier molecular flexibility index (Phi) is 4.69. The molecule has 1 aromatic carbocycles. The Morgan fingerprint density at radius 1 is 1.21 bits per heavy atom. The molecule has 3 rings (SSSR count). The van der Waals surface area contributed by atoms with Crippen LogP contribution in [0.5, 0.6) is 5.75 Å². The Labute approximate surface area is 143 Å². The molecular weight excluding hydrogens is 308 g/mol. The lowest BCUT2D eigenvalue weighted by molar-refractivity contribution is -0.301. The van der Waals surface area contributed by atoms with Crippen molar-refractivity contribution in [1.82, 2.24) is 10.2 Å². The van der Waals surface area contributed by atoms with E-state index in [0.29, 0.717) is 32.8 Å². The van der Waals surface area contributed by atoms with E-state index < -0.39 is 5.79 Å². The maximum absolute atomic E-state index is 12.2. The molecule has 2 amide bonds. The molecule has 0 radical (unpaired) electrons. The van der Waals surface area contributed by atoms with Crippen molar-refractivity contribution in [2.45, 2.75) is 26.1 Å². The molecule has 1 aromatic rings. The summed E-state index contributed by atoms with van der Waals surface area (Å²) < 4.78 is 16.6. The number of methoxy groups -OCH3 is 1. The Bertz CT molecular complexity index is 567. The van der Waals surface area contributed by atoms with Crippen LogP contribution >= 0.6 is 0 Å². The molecule has 2 aliphatic heterocycles. The number of benzene rings is 1. The van der Waals surface area contributed by atoms with Gasteiger partial charge in [0.15, 0.2) is 5.79 Å². The highest BCUT2D eigenvalue weighted by Gasteiger charge is 2.50. The van der Waals surface area contributed by atoms with Gasteiger partial charge in [-0.1, -0.05) is 12.1 Å². The van der Waals surface area contributed by atoms with Crippen molar-refractivity contribution in [2.75, 3.05) is 40.0 Å². The van der Waals surface area contributed by atoms with Crippen molar-refractivity contribution in [3.05, 3.63) is 29.8 Å². The molecule has 6 heteroatoms. The number of hydrogen-bond donors (Lipinski definition) is 1. The smallest absolute Gasteiger partial charge is 0.317 e. The SMILES string of the molecule is COc1ccc(CCNC(=O)N2CC3(COC(C)(C)OC3)C2)cc1. The number of rotatable bonds is 4. The fourth-order valence-electron chi connectivity index (χ4n) is 3.04. The number of carbonyl (C=O) groups is 1. The first kappa shape index (κ1) is 17.0. The van der Waals surface area contributed by atoms with Gasteiger partial charge < -0.3 is 24.4 Å². The third-order valence-electron chi connectivity index (χ3n) is 4.64. The first-order chi connectivity index (χ1) is 11.4. The van der Waals surface area contributed by atoms with Crippen LogP contribution < -0.4 is 10.1 Å². The van der Waals surface area contributed by atoms with E-state index in [1.54, 1.807) is 7.11 Å². The summed E-state index contributed by atoms with van der Waals surface area (Å²) in [7, 11) is 1.65. The van der Waals surface area contributed by atoms with Gasteiger partial charge in [0.2, 0.25) is 0 Å². The fraction of sp³-hybridized carbons (Fsp3) is 0.611. The number of ether oxygens (including phenoxy) is 3. The summed E-state index contributed by atoms with van der Waals surface area (Å²) in [6, 6.07) is 7.88. The zero-order valence-corrected chi connectivity index (χ0v) is 14.6. The molecule has 1 N–H and O–H groups in total. The molecule has 2 saturated heterocycles. The van der Waals surface area contributed by atoms with Crippen LogP contribution in [0.2, 0.25) is 0 Å². The second-order valence-corrected chi connectivity index (χ2v) is 7.16. The first-order valence-electron chi connectivity index (χ1n) is 8.35. The zero-order valence-electron chi connectivity index (χ0n) is 14.6. The minimum absolute atomic E-state index is 0.0148. The molecule has 1 spiro atoms. The Morgan fingerprint density at radius 3 is 2.42 bits per heavy atom. The highest BCUT2D eigenvalue weighted by atomic mass is 16.7. The van der Waals surface area contributed by atoms with E-state index in [-0.39, 0.29) is 11.4 Å². The molecule has 2 heterocycles. The second kappa shape index (κ2) is 6.61.